The third-order valence-corrected chi connectivity index (χ3v) is 4.39. The average Bonchev–Trinajstić information content (AvgIpc) is 2.87. The molecular weight excluding hydrogens is 305 g/mol. The fourth-order valence-corrected chi connectivity index (χ4v) is 3.04. The molecule has 1 aromatic carbocycles. The molecule has 1 aliphatic heterocycles. The summed E-state index contributed by atoms with van der Waals surface area (Å²) < 4.78 is 29.8. The van der Waals surface area contributed by atoms with E-state index in [1.165, 1.54) is 0 Å². The summed E-state index contributed by atoms with van der Waals surface area (Å²) in [6.45, 7) is 1.68. The van der Waals surface area contributed by atoms with Gasteiger partial charge < -0.3 is 9.80 Å². The van der Waals surface area contributed by atoms with Crippen LogP contribution in [0.2, 0.25) is 0 Å². The fraction of sp³-hybridized carbons (Fsp3) is 0.400. The summed E-state index contributed by atoms with van der Waals surface area (Å²) >= 11 is 0. The van der Waals surface area contributed by atoms with Crippen molar-refractivity contribution in [3.05, 3.63) is 30.1 Å². The molecule has 7 heteroatoms. The van der Waals surface area contributed by atoms with Gasteiger partial charge in [-0.25, -0.2) is 0 Å². The number of nitrogens with zero attached hydrogens (tertiary/aromatic N) is 4. The number of aryl methyl sites for hydroxylation is 1. The van der Waals surface area contributed by atoms with Crippen LogP contribution in [0.4, 0.5) is 20.2 Å². The molecule has 0 radical (unpaired) electrons. The molecule has 0 bridgehead atoms. The number of anilines is 2. The van der Waals surface area contributed by atoms with E-state index in [0.717, 1.165) is 24.5 Å². The first-order valence-electron chi connectivity index (χ1n) is 7.04. The standard InChI is InChI=1S/C15H19F2N4P/c1-19-4-5-20(2)14-7-12(15(16,17)22)11(6-13(14)19)10-8-18-21(3)9-10/h6-9H,4-5,22H2,1-3H3. The minimum absolute atomic E-state index is 0.00593. The van der Waals surface area contributed by atoms with Gasteiger partial charge in [0.1, 0.15) is 0 Å². The molecule has 1 unspecified atom stereocenters. The van der Waals surface area contributed by atoms with E-state index in [4.69, 9.17) is 0 Å². The second-order valence-corrected chi connectivity index (χ2v) is 6.48. The van der Waals surface area contributed by atoms with Crippen LogP contribution in [0.3, 0.4) is 0 Å². The number of alkyl halides is 2. The van der Waals surface area contributed by atoms with Gasteiger partial charge in [0.2, 0.25) is 0 Å². The molecule has 0 saturated carbocycles. The van der Waals surface area contributed by atoms with E-state index in [9.17, 15) is 8.78 Å². The average molecular weight is 324 g/mol. The van der Waals surface area contributed by atoms with Crippen LogP contribution in [0, 0.1) is 0 Å². The van der Waals surface area contributed by atoms with Crippen LogP contribution in [0.1, 0.15) is 5.56 Å². The van der Waals surface area contributed by atoms with Gasteiger partial charge in [0, 0.05) is 51.6 Å². The maximum atomic E-state index is 14.1. The van der Waals surface area contributed by atoms with Crippen LogP contribution in [0.25, 0.3) is 11.1 Å². The van der Waals surface area contributed by atoms with E-state index in [2.05, 4.69) is 10.00 Å². The number of likely N-dealkylation sites (N-methyl/N-ethyl adjacent to an activating group) is 2. The van der Waals surface area contributed by atoms with Gasteiger partial charge in [-0.15, -0.1) is 0 Å². The Kier molecular flexibility index (Phi) is 3.60. The summed E-state index contributed by atoms with van der Waals surface area (Å²) in [4.78, 5) is 4.11. The molecule has 0 fully saturated rings. The zero-order chi connectivity index (χ0) is 16.1. The van der Waals surface area contributed by atoms with Crippen LogP contribution in [0.15, 0.2) is 24.5 Å². The molecule has 4 nitrogen and oxygen atoms in total. The van der Waals surface area contributed by atoms with E-state index >= 15 is 0 Å². The van der Waals surface area contributed by atoms with Crippen molar-refractivity contribution in [2.45, 2.75) is 5.66 Å². The maximum absolute atomic E-state index is 14.1. The van der Waals surface area contributed by atoms with Crippen molar-refractivity contribution in [3.63, 3.8) is 0 Å². The summed E-state index contributed by atoms with van der Waals surface area (Å²) in [6.07, 6.45) is 3.38. The van der Waals surface area contributed by atoms with Gasteiger partial charge in [-0.3, -0.25) is 4.68 Å². The van der Waals surface area contributed by atoms with Gasteiger partial charge in [-0.05, 0) is 17.7 Å². The lowest BCUT2D eigenvalue weighted by Gasteiger charge is -2.36. The highest BCUT2D eigenvalue weighted by Crippen LogP contribution is 2.46. The van der Waals surface area contributed by atoms with E-state index in [1.54, 1.807) is 39.4 Å². The van der Waals surface area contributed by atoms with Gasteiger partial charge in [-0.1, -0.05) is 9.24 Å². The van der Waals surface area contributed by atoms with E-state index < -0.39 is 5.66 Å². The largest absolute Gasteiger partial charge is 0.371 e. The maximum Gasteiger partial charge on any atom is 0.284 e. The van der Waals surface area contributed by atoms with Crippen LogP contribution in [0.5, 0.6) is 0 Å². The van der Waals surface area contributed by atoms with Crippen molar-refractivity contribution in [2.24, 2.45) is 7.05 Å². The second kappa shape index (κ2) is 5.20. The molecule has 3 rings (SSSR count). The number of benzene rings is 1. The molecular formula is C15H19F2N4P. The SMILES string of the molecule is CN1CCN(C)c2cc(C(F)(F)P)c(-c3cnn(C)c3)cc21. The highest BCUT2D eigenvalue weighted by atomic mass is 31.0. The molecule has 118 valence electrons. The van der Waals surface area contributed by atoms with Crippen molar-refractivity contribution in [1.29, 1.82) is 0 Å². The predicted octanol–water partition coefficient (Wildman–Crippen LogP) is 2.90. The van der Waals surface area contributed by atoms with Crippen molar-refractivity contribution in [2.75, 3.05) is 37.0 Å². The van der Waals surface area contributed by atoms with Crippen LogP contribution >= 0.6 is 9.24 Å². The van der Waals surface area contributed by atoms with E-state index in [1.807, 2.05) is 25.1 Å². The molecule has 2 aromatic rings. The number of fused-ring (bicyclic) bond motifs is 1. The Morgan fingerprint density at radius 1 is 1.09 bits per heavy atom. The highest BCUT2D eigenvalue weighted by molar-refractivity contribution is 7.17. The summed E-state index contributed by atoms with van der Waals surface area (Å²) in [7, 11) is 7.33. The summed E-state index contributed by atoms with van der Waals surface area (Å²) in [5.41, 5.74) is 0.0328. The Morgan fingerprint density at radius 2 is 1.68 bits per heavy atom. The van der Waals surface area contributed by atoms with Crippen molar-refractivity contribution in [3.8, 4) is 11.1 Å². The first-order chi connectivity index (χ1) is 10.3. The molecule has 2 heterocycles. The third kappa shape index (κ3) is 2.56. The normalized spacial score (nSPS) is 15.2. The number of hydrogen-bond donors (Lipinski definition) is 0. The Morgan fingerprint density at radius 3 is 2.18 bits per heavy atom. The molecule has 1 aliphatic rings. The number of aromatic nitrogens is 2. The Hall–Kier alpha value is -1.68. The lowest BCUT2D eigenvalue weighted by atomic mass is 9.98. The Bertz CT molecular complexity index is 708. The first-order valence-corrected chi connectivity index (χ1v) is 7.61. The zero-order valence-corrected chi connectivity index (χ0v) is 14.0. The molecule has 0 N–H and O–H groups in total. The fourth-order valence-electron chi connectivity index (χ4n) is 2.80. The van der Waals surface area contributed by atoms with Crippen molar-refractivity contribution < 1.29 is 8.78 Å². The van der Waals surface area contributed by atoms with Gasteiger partial charge in [0.25, 0.3) is 5.66 Å². The van der Waals surface area contributed by atoms with E-state index in [-0.39, 0.29) is 5.56 Å². The van der Waals surface area contributed by atoms with Crippen LogP contribution < -0.4 is 9.80 Å². The quantitative estimate of drug-likeness (QED) is 0.794. The molecule has 0 aliphatic carbocycles. The first kappa shape index (κ1) is 15.2. The predicted molar refractivity (Wildman–Crippen MR) is 88.8 cm³/mol. The minimum atomic E-state index is -2.99. The second-order valence-electron chi connectivity index (χ2n) is 5.76. The molecule has 1 atom stereocenters. The summed E-state index contributed by atoms with van der Waals surface area (Å²) in [5, 5.41) is 4.10. The van der Waals surface area contributed by atoms with E-state index in [0.29, 0.717) is 11.1 Å². The minimum Gasteiger partial charge on any atom is -0.371 e. The number of hydrogen-bond acceptors (Lipinski definition) is 3. The summed E-state index contributed by atoms with van der Waals surface area (Å²) in [6, 6.07) is 3.44. The lowest BCUT2D eigenvalue weighted by molar-refractivity contribution is 0.104. The Balaban J connectivity index is 2.25. The Labute approximate surface area is 130 Å². The van der Waals surface area contributed by atoms with Crippen LogP contribution in [-0.2, 0) is 12.7 Å². The number of rotatable bonds is 2. The molecule has 0 saturated heterocycles. The van der Waals surface area contributed by atoms with Gasteiger partial charge in [-0.2, -0.15) is 13.9 Å². The van der Waals surface area contributed by atoms with Gasteiger partial charge in [0.05, 0.1) is 17.6 Å². The lowest BCUT2D eigenvalue weighted by Crippen LogP contribution is -2.37. The molecule has 1 aromatic heterocycles. The topological polar surface area (TPSA) is 24.3 Å². The molecule has 22 heavy (non-hydrogen) atoms. The van der Waals surface area contributed by atoms with Crippen LogP contribution in [-0.4, -0.2) is 37.0 Å². The molecule has 0 amide bonds. The van der Waals surface area contributed by atoms with Crippen molar-refractivity contribution >= 4 is 20.6 Å². The highest BCUT2D eigenvalue weighted by Gasteiger charge is 2.32. The number of halogens is 2. The molecule has 0 spiro atoms. The van der Waals surface area contributed by atoms with Gasteiger partial charge >= 0.3 is 0 Å². The summed E-state index contributed by atoms with van der Waals surface area (Å²) in [5.74, 6) is 0. The van der Waals surface area contributed by atoms with Crippen molar-refractivity contribution in [1.82, 2.24) is 9.78 Å². The zero-order valence-electron chi connectivity index (χ0n) is 12.8. The monoisotopic (exact) mass is 324 g/mol. The third-order valence-electron chi connectivity index (χ3n) is 4.08. The van der Waals surface area contributed by atoms with Gasteiger partial charge in [0.15, 0.2) is 0 Å². The smallest absolute Gasteiger partial charge is 0.284 e.